The molecule has 0 aliphatic heterocycles. The zero-order chi connectivity index (χ0) is 27.3. The largest absolute Gasteiger partial charge is 0.457 e. The maximum atomic E-state index is 12.3. The number of nitrogens with zero attached hydrogens (tertiary/aromatic N) is 4. The summed E-state index contributed by atoms with van der Waals surface area (Å²) < 4.78 is 10.9. The van der Waals surface area contributed by atoms with Crippen LogP contribution in [0.15, 0.2) is 42.5 Å². The first-order valence-corrected chi connectivity index (χ1v) is 12.6. The topological polar surface area (TPSA) is 144 Å². The molecule has 0 saturated heterocycles. The molecular formula is C25H29N7O5S. The van der Waals surface area contributed by atoms with Crippen molar-refractivity contribution in [1.29, 1.82) is 0 Å². The molecule has 2 aromatic carbocycles. The minimum absolute atomic E-state index is 0.137. The lowest BCUT2D eigenvalue weighted by Crippen LogP contribution is -2.31. The van der Waals surface area contributed by atoms with Crippen molar-refractivity contribution in [2.45, 2.75) is 33.1 Å². The molecule has 0 aliphatic rings. The number of ether oxygens (including phenoxy) is 2. The van der Waals surface area contributed by atoms with Gasteiger partial charge in [0.25, 0.3) is 0 Å². The fourth-order valence-electron chi connectivity index (χ4n) is 3.23. The van der Waals surface area contributed by atoms with Crippen LogP contribution in [0.3, 0.4) is 0 Å². The van der Waals surface area contributed by atoms with E-state index in [-0.39, 0.29) is 23.9 Å². The number of aromatic amines is 1. The third-order valence-electron chi connectivity index (χ3n) is 5.06. The molecule has 2 aromatic heterocycles. The molecule has 3 N–H and O–H groups in total. The molecule has 3 amide bonds. The van der Waals surface area contributed by atoms with Crippen LogP contribution >= 0.6 is 11.3 Å². The lowest BCUT2D eigenvalue weighted by atomic mass is 9.98. The molecule has 12 nitrogen and oxygen atoms in total. The van der Waals surface area contributed by atoms with Gasteiger partial charge in [-0.1, -0.05) is 32.1 Å². The molecular weight excluding hydrogens is 510 g/mol. The lowest BCUT2D eigenvalue weighted by Gasteiger charge is -2.16. The number of carbonyl (C=O) groups is 2. The zero-order valence-corrected chi connectivity index (χ0v) is 22.5. The van der Waals surface area contributed by atoms with Crippen LogP contribution in [0.2, 0.25) is 0 Å². The van der Waals surface area contributed by atoms with E-state index in [2.05, 4.69) is 30.8 Å². The Hall–Kier alpha value is -4.07. The van der Waals surface area contributed by atoms with Gasteiger partial charge in [0.15, 0.2) is 0 Å². The fourth-order valence-corrected chi connectivity index (χ4v) is 4.02. The smallest absolute Gasteiger partial charge is 0.325 e. The normalized spacial score (nSPS) is 11.4. The number of hydrogen-bond acceptors (Lipinski definition) is 9. The average molecular weight is 540 g/mol. The molecule has 2 heterocycles. The van der Waals surface area contributed by atoms with Crippen molar-refractivity contribution >= 4 is 51.1 Å². The Kier molecular flexibility index (Phi) is 8.20. The number of imidazole rings is 1. The molecule has 0 fully saturated rings. The number of H-pyrrole nitrogens is 1. The van der Waals surface area contributed by atoms with E-state index >= 15 is 0 Å². The highest BCUT2D eigenvalue weighted by atomic mass is 32.1. The van der Waals surface area contributed by atoms with Gasteiger partial charge in [-0.2, -0.15) is 5.06 Å². The molecule has 200 valence electrons. The predicted molar refractivity (Wildman–Crippen MR) is 145 cm³/mol. The summed E-state index contributed by atoms with van der Waals surface area (Å²) in [5.41, 5.74) is 1.76. The molecule has 0 bridgehead atoms. The highest BCUT2D eigenvalue weighted by molar-refractivity contribution is 7.15. The Labute approximate surface area is 223 Å². The van der Waals surface area contributed by atoms with Crippen molar-refractivity contribution in [3.8, 4) is 11.5 Å². The minimum Gasteiger partial charge on any atom is -0.457 e. The van der Waals surface area contributed by atoms with E-state index in [1.54, 1.807) is 49.6 Å². The summed E-state index contributed by atoms with van der Waals surface area (Å²) >= 11 is 1.34. The standard InChI is InChI=1S/C25H29N7O5S/c1-15(33)32(36-13-12-35-5)22-27-19-11-10-18(14-20(19)28-22)37-17-8-6-16(7-9-17)26-23(34)29-24-31-30-21(38-24)25(2,3)4/h6-11,14H,12-13H2,1-5H3,(H,27,28)(H2,26,29,31,34). The second-order valence-corrected chi connectivity index (χ2v) is 10.2. The van der Waals surface area contributed by atoms with Crippen LogP contribution in [-0.4, -0.2) is 52.4 Å². The Balaban J connectivity index is 1.37. The molecule has 0 saturated carbocycles. The number of anilines is 3. The van der Waals surface area contributed by atoms with E-state index in [0.29, 0.717) is 40.0 Å². The number of fused-ring (bicyclic) bond motifs is 1. The van der Waals surface area contributed by atoms with Gasteiger partial charge in [-0.3, -0.25) is 14.9 Å². The van der Waals surface area contributed by atoms with E-state index < -0.39 is 6.03 Å². The van der Waals surface area contributed by atoms with Crippen LogP contribution in [0, 0.1) is 0 Å². The van der Waals surface area contributed by atoms with Crippen molar-refractivity contribution < 1.29 is 23.9 Å². The third-order valence-corrected chi connectivity index (χ3v) is 6.33. The zero-order valence-electron chi connectivity index (χ0n) is 21.7. The molecule has 13 heteroatoms. The monoisotopic (exact) mass is 539 g/mol. The number of methoxy groups -OCH3 is 1. The van der Waals surface area contributed by atoms with Gasteiger partial charge in [0.1, 0.15) is 16.5 Å². The number of hydroxylamine groups is 1. The SMILES string of the molecule is COCCON(C(C)=O)c1nc2ccc(Oc3ccc(NC(=O)Nc4nnc(C(C)(C)C)s4)cc3)cc2[nH]1. The van der Waals surface area contributed by atoms with Crippen molar-refractivity contribution in [2.24, 2.45) is 0 Å². The van der Waals surface area contributed by atoms with Crippen molar-refractivity contribution in [2.75, 3.05) is 36.0 Å². The first-order chi connectivity index (χ1) is 18.1. The number of urea groups is 1. The summed E-state index contributed by atoms with van der Waals surface area (Å²) in [7, 11) is 1.55. The minimum atomic E-state index is -0.415. The van der Waals surface area contributed by atoms with Crippen molar-refractivity contribution in [3.63, 3.8) is 0 Å². The average Bonchev–Trinajstić information content (AvgIpc) is 3.49. The van der Waals surface area contributed by atoms with Crippen LogP contribution in [-0.2, 0) is 19.8 Å². The first-order valence-electron chi connectivity index (χ1n) is 11.7. The fraction of sp³-hybridized carbons (Fsp3) is 0.320. The Morgan fingerprint density at radius 2 is 1.76 bits per heavy atom. The van der Waals surface area contributed by atoms with Crippen LogP contribution in [0.1, 0.15) is 32.7 Å². The van der Waals surface area contributed by atoms with Crippen molar-refractivity contribution in [3.05, 3.63) is 47.5 Å². The molecule has 38 heavy (non-hydrogen) atoms. The molecule has 4 rings (SSSR count). The van der Waals surface area contributed by atoms with E-state index in [0.717, 1.165) is 10.1 Å². The van der Waals surface area contributed by atoms with E-state index in [1.165, 1.54) is 18.3 Å². The second kappa shape index (κ2) is 11.5. The number of amides is 3. The summed E-state index contributed by atoms with van der Waals surface area (Å²) in [6.07, 6.45) is 0. The van der Waals surface area contributed by atoms with Gasteiger partial charge in [-0.05, 0) is 36.4 Å². The summed E-state index contributed by atoms with van der Waals surface area (Å²) in [4.78, 5) is 37.3. The maximum Gasteiger partial charge on any atom is 0.325 e. The number of aromatic nitrogens is 4. The lowest BCUT2D eigenvalue weighted by molar-refractivity contribution is -0.124. The molecule has 0 spiro atoms. The molecule has 0 unspecified atom stereocenters. The van der Waals surface area contributed by atoms with E-state index in [1.807, 2.05) is 20.8 Å². The third kappa shape index (κ3) is 6.82. The van der Waals surface area contributed by atoms with Gasteiger partial charge in [-0.25, -0.2) is 9.78 Å². The summed E-state index contributed by atoms with van der Waals surface area (Å²) in [5, 5.41) is 16.0. The van der Waals surface area contributed by atoms with Gasteiger partial charge in [-0.15, -0.1) is 10.2 Å². The molecule has 0 aliphatic carbocycles. The van der Waals surface area contributed by atoms with Gasteiger partial charge in [0.05, 0.1) is 24.2 Å². The Bertz CT molecular complexity index is 1410. The maximum absolute atomic E-state index is 12.3. The van der Waals surface area contributed by atoms with E-state index in [4.69, 9.17) is 14.3 Å². The molecule has 0 radical (unpaired) electrons. The number of carbonyl (C=O) groups excluding carboxylic acids is 2. The highest BCUT2D eigenvalue weighted by Crippen LogP contribution is 2.29. The van der Waals surface area contributed by atoms with Crippen LogP contribution in [0.25, 0.3) is 11.0 Å². The Morgan fingerprint density at radius 3 is 2.42 bits per heavy atom. The quantitative estimate of drug-likeness (QED) is 0.197. The first kappa shape index (κ1) is 27.0. The molecule has 0 atom stereocenters. The number of nitrogens with one attached hydrogen (secondary N) is 3. The summed E-state index contributed by atoms with van der Waals surface area (Å²) in [5.74, 6) is 1.07. The second-order valence-electron chi connectivity index (χ2n) is 9.25. The van der Waals surface area contributed by atoms with Crippen molar-refractivity contribution in [1.82, 2.24) is 20.2 Å². The van der Waals surface area contributed by atoms with Crippen LogP contribution < -0.4 is 20.4 Å². The van der Waals surface area contributed by atoms with Gasteiger partial charge >= 0.3 is 6.03 Å². The van der Waals surface area contributed by atoms with Gasteiger partial charge < -0.3 is 19.8 Å². The number of benzene rings is 2. The Morgan fingerprint density at radius 1 is 1.03 bits per heavy atom. The summed E-state index contributed by atoms with van der Waals surface area (Å²) in [6, 6.07) is 11.8. The van der Waals surface area contributed by atoms with E-state index in [9.17, 15) is 9.59 Å². The summed E-state index contributed by atoms with van der Waals surface area (Å²) in [6.45, 7) is 8.03. The highest BCUT2D eigenvalue weighted by Gasteiger charge is 2.20. The number of rotatable bonds is 9. The van der Waals surface area contributed by atoms with Gasteiger partial charge in [0, 0.05) is 31.2 Å². The van der Waals surface area contributed by atoms with Gasteiger partial charge in [0.2, 0.25) is 17.0 Å². The molecule has 4 aromatic rings. The van der Waals surface area contributed by atoms with Crippen LogP contribution in [0.5, 0.6) is 11.5 Å². The van der Waals surface area contributed by atoms with Crippen LogP contribution in [0.4, 0.5) is 21.6 Å². The predicted octanol–water partition coefficient (Wildman–Crippen LogP) is 5.08. The number of hydrogen-bond donors (Lipinski definition) is 3.